The molecule has 0 fully saturated rings. The Bertz CT molecular complexity index is 759. The first kappa shape index (κ1) is 18.2. The Labute approximate surface area is 146 Å². The first-order valence-electron chi connectivity index (χ1n) is 7.86. The van der Waals surface area contributed by atoms with Crippen molar-refractivity contribution in [3.63, 3.8) is 0 Å². The minimum atomic E-state index is -1.09. The van der Waals surface area contributed by atoms with Crippen LogP contribution in [0.1, 0.15) is 28.4 Å². The van der Waals surface area contributed by atoms with Gasteiger partial charge in [0, 0.05) is 6.54 Å². The first-order chi connectivity index (χ1) is 12.0. The minimum Gasteiger partial charge on any atom is -0.449 e. The quantitative estimate of drug-likeness (QED) is 0.819. The van der Waals surface area contributed by atoms with Gasteiger partial charge >= 0.3 is 12.0 Å². The maximum absolute atomic E-state index is 12.1. The van der Waals surface area contributed by atoms with Crippen LogP contribution < -0.4 is 10.6 Å². The molecule has 6 heteroatoms. The summed E-state index contributed by atoms with van der Waals surface area (Å²) in [4.78, 5) is 35.8. The number of imide groups is 1. The zero-order valence-corrected chi connectivity index (χ0v) is 14.1. The van der Waals surface area contributed by atoms with E-state index in [-0.39, 0.29) is 6.54 Å². The number of carbonyl (C=O) groups excluding carboxylic acids is 3. The lowest BCUT2D eigenvalue weighted by atomic mass is 10.1. The van der Waals surface area contributed by atoms with E-state index in [2.05, 4.69) is 10.6 Å². The third kappa shape index (κ3) is 5.46. The van der Waals surface area contributed by atoms with E-state index < -0.39 is 24.0 Å². The van der Waals surface area contributed by atoms with Gasteiger partial charge in [0.05, 0.1) is 5.56 Å². The fourth-order valence-electron chi connectivity index (χ4n) is 2.12. The molecule has 0 bridgehead atoms. The SMILES string of the molecule is Cc1ccccc1C(=O)OC(C)C(=O)NC(=O)NCc1ccccc1. The van der Waals surface area contributed by atoms with E-state index in [0.29, 0.717) is 5.56 Å². The molecule has 0 radical (unpaired) electrons. The predicted octanol–water partition coefficient (Wildman–Crippen LogP) is 2.57. The van der Waals surface area contributed by atoms with E-state index in [1.807, 2.05) is 30.3 Å². The highest BCUT2D eigenvalue weighted by atomic mass is 16.5. The zero-order valence-electron chi connectivity index (χ0n) is 14.1. The van der Waals surface area contributed by atoms with E-state index in [1.165, 1.54) is 6.92 Å². The number of hydrogen-bond donors (Lipinski definition) is 2. The van der Waals surface area contributed by atoms with E-state index in [9.17, 15) is 14.4 Å². The second kappa shape index (κ2) is 8.63. The van der Waals surface area contributed by atoms with Gasteiger partial charge in [0.15, 0.2) is 6.10 Å². The molecule has 0 aliphatic heterocycles. The van der Waals surface area contributed by atoms with Crippen molar-refractivity contribution in [2.45, 2.75) is 26.5 Å². The third-order valence-electron chi connectivity index (χ3n) is 3.55. The lowest BCUT2D eigenvalue weighted by molar-refractivity contribution is -0.127. The van der Waals surface area contributed by atoms with Crippen LogP contribution in [0.2, 0.25) is 0 Å². The van der Waals surface area contributed by atoms with Crippen LogP contribution in [0.3, 0.4) is 0 Å². The van der Waals surface area contributed by atoms with Crippen molar-refractivity contribution in [3.05, 3.63) is 71.3 Å². The highest BCUT2D eigenvalue weighted by Gasteiger charge is 2.21. The van der Waals surface area contributed by atoms with Crippen molar-refractivity contribution in [1.29, 1.82) is 0 Å². The second-order valence-corrected chi connectivity index (χ2v) is 5.52. The highest BCUT2D eigenvalue weighted by molar-refractivity contribution is 5.98. The van der Waals surface area contributed by atoms with Gasteiger partial charge in [-0.05, 0) is 31.0 Å². The van der Waals surface area contributed by atoms with Crippen LogP contribution >= 0.6 is 0 Å². The molecule has 0 heterocycles. The molecule has 130 valence electrons. The summed E-state index contributed by atoms with van der Waals surface area (Å²) in [6.45, 7) is 3.48. The maximum atomic E-state index is 12.1. The fraction of sp³-hybridized carbons (Fsp3) is 0.211. The molecule has 1 unspecified atom stereocenters. The fourth-order valence-corrected chi connectivity index (χ4v) is 2.12. The lowest BCUT2D eigenvalue weighted by Gasteiger charge is -2.14. The molecule has 2 aromatic rings. The number of amides is 3. The highest BCUT2D eigenvalue weighted by Crippen LogP contribution is 2.10. The van der Waals surface area contributed by atoms with Crippen LogP contribution in [0.5, 0.6) is 0 Å². The molecule has 0 aromatic heterocycles. The molecule has 2 N–H and O–H groups in total. The molecule has 2 rings (SSSR count). The van der Waals surface area contributed by atoms with Crippen LogP contribution in [0.25, 0.3) is 0 Å². The van der Waals surface area contributed by atoms with Gasteiger partial charge in [-0.1, -0.05) is 48.5 Å². The zero-order chi connectivity index (χ0) is 18.2. The molecule has 0 spiro atoms. The Hall–Kier alpha value is -3.15. The Balaban J connectivity index is 1.82. The average molecular weight is 340 g/mol. The topological polar surface area (TPSA) is 84.5 Å². The molecule has 2 aromatic carbocycles. The van der Waals surface area contributed by atoms with Crippen molar-refractivity contribution in [2.75, 3.05) is 0 Å². The summed E-state index contributed by atoms with van der Waals surface area (Å²) in [5.74, 6) is -1.29. The van der Waals surface area contributed by atoms with Gasteiger partial charge in [-0.2, -0.15) is 0 Å². The summed E-state index contributed by atoms with van der Waals surface area (Å²) in [6.07, 6.45) is -1.09. The summed E-state index contributed by atoms with van der Waals surface area (Å²) < 4.78 is 5.11. The molecule has 0 aliphatic rings. The number of ether oxygens (including phenoxy) is 1. The number of esters is 1. The van der Waals surface area contributed by atoms with Gasteiger partial charge in [0.25, 0.3) is 5.91 Å². The predicted molar refractivity (Wildman–Crippen MR) is 92.9 cm³/mol. The normalized spacial score (nSPS) is 11.3. The van der Waals surface area contributed by atoms with Crippen LogP contribution in [-0.4, -0.2) is 24.0 Å². The van der Waals surface area contributed by atoms with Crippen LogP contribution in [0, 0.1) is 6.92 Å². The molecular formula is C19H20N2O4. The number of rotatable bonds is 5. The molecule has 1 atom stereocenters. The number of benzene rings is 2. The number of hydrogen-bond acceptors (Lipinski definition) is 4. The van der Waals surface area contributed by atoms with Gasteiger partial charge in [0.1, 0.15) is 0 Å². The Morgan fingerprint density at radius 2 is 1.64 bits per heavy atom. The minimum absolute atomic E-state index is 0.289. The molecule has 6 nitrogen and oxygen atoms in total. The van der Waals surface area contributed by atoms with Crippen molar-refractivity contribution >= 4 is 17.9 Å². The van der Waals surface area contributed by atoms with Gasteiger partial charge in [-0.25, -0.2) is 9.59 Å². The van der Waals surface area contributed by atoms with E-state index in [0.717, 1.165) is 11.1 Å². The molecule has 0 saturated carbocycles. The number of carbonyl (C=O) groups is 3. The van der Waals surface area contributed by atoms with Crippen molar-refractivity contribution in [2.24, 2.45) is 0 Å². The summed E-state index contributed by atoms with van der Waals surface area (Å²) in [5.41, 5.74) is 2.04. The van der Waals surface area contributed by atoms with E-state index >= 15 is 0 Å². The van der Waals surface area contributed by atoms with Crippen molar-refractivity contribution in [3.8, 4) is 0 Å². The standard InChI is InChI=1S/C19H20N2O4/c1-13-8-6-7-11-16(13)18(23)25-14(2)17(22)21-19(24)20-12-15-9-4-3-5-10-15/h3-11,14H,12H2,1-2H3,(H2,20,21,22,24). The van der Waals surface area contributed by atoms with Crippen LogP contribution in [-0.2, 0) is 16.1 Å². The first-order valence-corrected chi connectivity index (χ1v) is 7.86. The summed E-state index contributed by atoms with van der Waals surface area (Å²) in [5, 5.41) is 4.72. The van der Waals surface area contributed by atoms with Gasteiger partial charge in [0.2, 0.25) is 0 Å². The average Bonchev–Trinajstić information content (AvgIpc) is 2.61. The van der Waals surface area contributed by atoms with E-state index in [4.69, 9.17) is 4.74 Å². The molecule has 0 aliphatic carbocycles. The Morgan fingerprint density at radius 1 is 1.00 bits per heavy atom. The number of aryl methyl sites for hydroxylation is 1. The third-order valence-corrected chi connectivity index (χ3v) is 3.55. The number of nitrogens with one attached hydrogen (secondary N) is 2. The summed E-state index contributed by atoms with van der Waals surface area (Å²) in [7, 11) is 0. The monoisotopic (exact) mass is 340 g/mol. The van der Waals surface area contributed by atoms with E-state index in [1.54, 1.807) is 31.2 Å². The van der Waals surface area contributed by atoms with Gasteiger partial charge in [-0.15, -0.1) is 0 Å². The van der Waals surface area contributed by atoms with Gasteiger partial charge in [-0.3, -0.25) is 10.1 Å². The second-order valence-electron chi connectivity index (χ2n) is 5.52. The lowest BCUT2D eigenvalue weighted by Crippen LogP contribution is -2.44. The van der Waals surface area contributed by atoms with Gasteiger partial charge < -0.3 is 10.1 Å². The molecule has 3 amide bonds. The largest absolute Gasteiger partial charge is 0.449 e. The summed E-state index contributed by atoms with van der Waals surface area (Å²) in [6, 6.07) is 15.6. The Morgan fingerprint density at radius 3 is 2.32 bits per heavy atom. The van der Waals surface area contributed by atoms with Crippen molar-refractivity contribution in [1.82, 2.24) is 10.6 Å². The Kier molecular flexibility index (Phi) is 6.28. The van der Waals surface area contributed by atoms with Crippen molar-refractivity contribution < 1.29 is 19.1 Å². The molecule has 0 saturated heterocycles. The van der Waals surface area contributed by atoms with Crippen LogP contribution in [0.15, 0.2) is 54.6 Å². The maximum Gasteiger partial charge on any atom is 0.339 e. The molecular weight excluding hydrogens is 320 g/mol. The molecule has 25 heavy (non-hydrogen) atoms. The summed E-state index contributed by atoms with van der Waals surface area (Å²) >= 11 is 0. The smallest absolute Gasteiger partial charge is 0.339 e. The van der Waals surface area contributed by atoms with Crippen LogP contribution in [0.4, 0.5) is 4.79 Å². The number of urea groups is 1.